The maximum atomic E-state index is 12.0. The molecule has 0 aromatic carbocycles. The fourth-order valence-electron chi connectivity index (χ4n) is 0. The molecule has 0 heterocycles. The SMILES string of the molecule is CC(F)(F)C(C)(Cl)Cl. The van der Waals surface area contributed by atoms with Crippen LogP contribution in [-0.4, -0.2) is 10.3 Å². The van der Waals surface area contributed by atoms with E-state index in [2.05, 4.69) is 0 Å². The molecule has 0 radical (unpaired) electrons. The fourth-order valence-corrected chi connectivity index (χ4v) is 0. The van der Waals surface area contributed by atoms with Gasteiger partial charge in [0.25, 0.3) is 5.92 Å². The van der Waals surface area contributed by atoms with Gasteiger partial charge in [0.1, 0.15) is 0 Å². The van der Waals surface area contributed by atoms with Gasteiger partial charge in [0.05, 0.1) is 0 Å². The molecule has 0 aromatic rings. The molecular formula is C4H6Cl2F2. The summed E-state index contributed by atoms with van der Waals surface area (Å²) in [5.41, 5.74) is 0. The molecule has 0 rings (SSSR count). The Morgan fingerprint density at radius 2 is 1.25 bits per heavy atom. The van der Waals surface area contributed by atoms with Gasteiger partial charge in [0.2, 0.25) is 0 Å². The maximum absolute atomic E-state index is 12.0. The molecule has 0 N–H and O–H groups in total. The van der Waals surface area contributed by atoms with Crippen LogP contribution >= 0.6 is 23.2 Å². The Bertz CT molecular complexity index is 67.0. The standard InChI is InChI=1S/C4H6Cl2F2/c1-3(5,6)4(2,7)8/h1-2H3. The average molecular weight is 163 g/mol. The van der Waals surface area contributed by atoms with Gasteiger partial charge in [0, 0.05) is 6.92 Å². The van der Waals surface area contributed by atoms with Gasteiger partial charge in [-0.3, -0.25) is 0 Å². The largest absolute Gasteiger partial charge is 0.277 e. The van der Waals surface area contributed by atoms with E-state index in [1.165, 1.54) is 0 Å². The zero-order valence-electron chi connectivity index (χ0n) is 4.51. The number of hydrogen-bond acceptors (Lipinski definition) is 0. The van der Waals surface area contributed by atoms with E-state index in [4.69, 9.17) is 23.2 Å². The van der Waals surface area contributed by atoms with Crippen molar-refractivity contribution in [2.45, 2.75) is 24.1 Å². The molecule has 0 nitrogen and oxygen atoms in total. The summed E-state index contributed by atoms with van der Waals surface area (Å²) in [7, 11) is 0. The molecule has 50 valence electrons. The minimum absolute atomic E-state index is 0.674. The molecule has 0 unspecified atom stereocenters. The Balaban J connectivity index is 4.02. The van der Waals surface area contributed by atoms with Gasteiger partial charge in [-0.15, -0.1) is 0 Å². The Labute approximate surface area is 56.8 Å². The summed E-state index contributed by atoms with van der Waals surface area (Å²) < 4.78 is 22.0. The minimum atomic E-state index is -3.03. The van der Waals surface area contributed by atoms with E-state index in [-0.39, 0.29) is 0 Å². The topological polar surface area (TPSA) is 0 Å². The van der Waals surface area contributed by atoms with Crippen molar-refractivity contribution in [3.63, 3.8) is 0 Å². The van der Waals surface area contributed by atoms with Gasteiger partial charge in [-0.05, 0) is 6.92 Å². The molecule has 0 bridgehead atoms. The summed E-state index contributed by atoms with van der Waals surface area (Å²) in [6.45, 7) is 1.73. The van der Waals surface area contributed by atoms with Crippen LogP contribution in [0, 0.1) is 0 Å². The smallest absolute Gasteiger partial charge is 0.204 e. The van der Waals surface area contributed by atoms with Crippen LogP contribution in [0.4, 0.5) is 8.78 Å². The van der Waals surface area contributed by atoms with Gasteiger partial charge < -0.3 is 0 Å². The third-order valence-electron chi connectivity index (χ3n) is 0.771. The van der Waals surface area contributed by atoms with Crippen molar-refractivity contribution in [2.24, 2.45) is 0 Å². The van der Waals surface area contributed by atoms with Gasteiger partial charge in [-0.2, -0.15) is 0 Å². The van der Waals surface area contributed by atoms with E-state index in [0.717, 1.165) is 6.92 Å². The fraction of sp³-hybridized carbons (Fsp3) is 1.00. The van der Waals surface area contributed by atoms with Crippen LogP contribution < -0.4 is 0 Å². The normalized spacial score (nSPS) is 14.2. The highest BCUT2D eigenvalue weighted by atomic mass is 35.5. The lowest BCUT2D eigenvalue weighted by Gasteiger charge is -2.20. The second-order valence-corrected chi connectivity index (χ2v) is 3.48. The van der Waals surface area contributed by atoms with Crippen LogP contribution in [0.1, 0.15) is 13.8 Å². The monoisotopic (exact) mass is 162 g/mol. The molecule has 0 aliphatic carbocycles. The number of alkyl halides is 4. The summed E-state index contributed by atoms with van der Waals surface area (Å²) in [5, 5.41) is 0. The van der Waals surface area contributed by atoms with Crippen LogP contribution in [-0.2, 0) is 0 Å². The third-order valence-corrected chi connectivity index (χ3v) is 1.43. The number of halogens is 4. The Morgan fingerprint density at radius 1 is 1.12 bits per heavy atom. The van der Waals surface area contributed by atoms with E-state index in [1.54, 1.807) is 0 Å². The first-order valence-electron chi connectivity index (χ1n) is 2.01. The molecule has 0 amide bonds. The number of hydrogen-bond donors (Lipinski definition) is 0. The quantitative estimate of drug-likeness (QED) is 0.521. The highest BCUT2D eigenvalue weighted by molar-refractivity contribution is 6.48. The lowest BCUT2D eigenvalue weighted by atomic mass is 10.3. The predicted molar refractivity (Wildman–Crippen MR) is 30.7 cm³/mol. The average Bonchev–Trinajstić information content (AvgIpc) is 1.25. The van der Waals surface area contributed by atoms with Crippen LogP contribution in [0.25, 0.3) is 0 Å². The van der Waals surface area contributed by atoms with Gasteiger partial charge in [-0.1, -0.05) is 23.2 Å². The molecule has 0 spiro atoms. The highest BCUT2D eigenvalue weighted by Crippen LogP contribution is 2.37. The van der Waals surface area contributed by atoms with Crippen molar-refractivity contribution in [1.29, 1.82) is 0 Å². The molecular weight excluding hydrogens is 157 g/mol. The molecule has 0 aliphatic heterocycles. The van der Waals surface area contributed by atoms with Crippen molar-refractivity contribution in [3.8, 4) is 0 Å². The second-order valence-electron chi connectivity index (χ2n) is 1.78. The van der Waals surface area contributed by atoms with E-state index in [1.807, 2.05) is 0 Å². The summed E-state index contributed by atoms with van der Waals surface area (Å²) in [6.07, 6.45) is 0. The van der Waals surface area contributed by atoms with E-state index < -0.39 is 10.3 Å². The Hall–Kier alpha value is 0.440. The first kappa shape index (κ1) is 8.44. The Kier molecular flexibility index (Phi) is 2.10. The van der Waals surface area contributed by atoms with E-state index in [9.17, 15) is 8.78 Å². The van der Waals surface area contributed by atoms with Gasteiger partial charge in [0.15, 0.2) is 4.33 Å². The van der Waals surface area contributed by atoms with Crippen molar-refractivity contribution in [1.82, 2.24) is 0 Å². The summed E-state index contributed by atoms with van der Waals surface area (Å²) >= 11 is 10.0. The second kappa shape index (κ2) is 1.99. The van der Waals surface area contributed by atoms with E-state index in [0.29, 0.717) is 6.92 Å². The predicted octanol–water partition coefficient (Wildman–Crippen LogP) is 2.84. The third kappa shape index (κ3) is 2.14. The molecule has 8 heavy (non-hydrogen) atoms. The summed E-state index contributed by atoms with van der Waals surface area (Å²) in [6, 6.07) is 0. The zero-order valence-corrected chi connectivity index (χ0v) is 6.02. The van der Waals surface area contributed by atoms with Gasteiger partial charge in [-0.25, -0.2) is 8.78 Å². The van der Waals surface area contributed by atoms with Crippen LogP contribution in [0.2, 0.25) is 0 Å². The van der Waals surface area contributed by atoms with Crippen LogP contribution in [0.15, 0.2) is 0 Å². The highest BCUT2D eigenvalue weighted by Gasteiger charge is 2.42. The molecule has 0 aliphatic rings. The van der Waals surface area contributed by atoms with Crippen molar-refractivity contribution < 1.29 is 8.78 Å². The maximum Gasteiger partial charge on any atom is 0.277 e. The van der Waals surface area contributed by atoms with Crippen molar-refractivity contribution in [3.05, 3.63) is 0 Å². The van der Waals surface area contributed by atoms with Crippen molar-refractivity contribution in [2.75, 3.05) is 0 Å². The van der Waals surface area contributed by atoms with Crippen LogP contribution in [0.5, 0.6) is 0 Å². The molecule has 0 saturated carbocycles. The van der Waals surface area contributed by atoms with Gasteiger partial charge >= 0.3 is 0 Å². The molecule has 0 fully saturated rings. The summed E-state index contributed by atoms with van der Waals surface area (Å²) in [4.78, 5) is 0. The lowest BCUT2D eigenvalue weighted by molar-refractivity contribution is 0.00912. The van der Waals surface area contributed by atoms with Crippen LogP contribution in [0.3, 0.4) is 0 Å². The molecule has 0 aromatic heterocycles. The molecule has 0 atom stereocenters. The number of rotatable bonds is 1. The lowest BCUT2D eigenvalue weighted by Crippen LogP contribution is -2.31. The minimum Gasteiger partial charge on any atom is -0.204 e. The molecule has 0 saturated heterocycles. The van der Waals surface area contributed by atoms with Crippen molar-refractivity contribution >= 4 is 23.2 Å². The molecule has 4 heteroatoms. The Morgan fingerprint density at radius 3 is 1.25 bits per heavy atom. The first-order valence-corrected chi connectivity index (χ1v) is 2.76. The van der Waals surface area contributed by atoms with E-state index >= 15 is 0 Å². The summed E-state index contributed by atoms with van der Waals surface area (Å²) in [5.74, 6) is -3.03. The zero-order chi connectivity index (χ0) is 7.00. The first-order chi connectivity index (χ1) is 3.25.